The van der Waals surface area contributed by atoms with Crippen molar-refractivity contribution in [1.82, 2.24) is 14.9 Å². The van der Waals surface area contributed by atoms with Crippen LogP contribution in [-0.4, -0.2) is 51.7 Å². The second-order valence-electron chi connectivity index (χ2n) is 7.18. The number of pyridine rings is 1. The van der Waals surface area contributed by atoms with Crippen molar-refractivity contribution in [3.05, 3.63) is 30.1 Å². The fourth-order valence-electron chi connectivity index (χ4n) is 3.99. The molecule has 1 aromatic heterocycles. The third kappa shape index (κ3) is 2.52. The lowest BCUT2D eigenvalue weighted by molar-refractivity contribution is -0.179. The quantitative estimate of drug-likeness (QED) is 0.908. The lowest BCUT2D eigenvalue weighted by atomic mass is 9.91. The Hall–Kier alpha value is -1.46. The number of carbonyl (C=O) groups excluding carboxylic acids is 1. The summed E-state index contributed by atoms with van der Waals surface area (Å²) < 4.78 is 0. The Morgan fingerprint density at radius 3 is 2.82 bits per heavy atom. The second-order valence-corrected chi connectivity index (χ2v) is 7.18. The van der Waals surface area contributed by atoms with Gasteiger partial charge in [0, 0.05) is 37.4 Å². The van der Waals surface area contributed by atoms with E-state index in [4.69, 9.17) is 0 Å². The first kappa shape index (κ1) is 14.2. The van der Waals surface area contributed by atoms with Crippen LogP contribution in [0.15, 0.2) is 24.4 Å². The van der Waals surface area contributed by atoms with Crippen LogP contribution < -0.4 is 0 Å². The molecule has 1 aromatic rings. The van der Waals surface area contributed by atoms with E-state index in [9.17, 15) is 10.0 Å². The van der Waals surface area contributed by atoms with Crippen LogP contribution in [0, 0.1) is 5.41 Å². The summed E-state index contributed by atoms with van der Waals surface area (Å²) in [6, 6.07) is 5.61. The molecule has 0 aromatic carbocycles. The highest BCUT2D eigenvalue weighted by Gasteiger charge is 2.50. The highest BCUT2D eigenvalue weighted by molar-refractivity contribution is 5.82. The maximum atomic E-state index is 12.7. The number of hydroxylamine groups is 2. The summed E-state index contributed by atoms with van der Waals surface area (Å²) in [5.41, 5.74) is 1.40. The maximum Gasteiger partial charge on any atom is 0.242 e. The highest BCUT2D eigenvalue weighted by Crippen LogP contribution is 2.52. The minimum Gasteiger partial charge on any atom is -0.341 e. The molecule has 4 rings (SSSR count). The van der Waals surface area contributed by atoms with E-state index in [1.165, 1.54) is 17.9 Å². The van der Waals surface area contributed by atoms with Gasteiger partial charge >= 0.3 is 0 Å². The van der Waals surface area contributed by atoms with Crippen LogP contribution in [0.3, 0.4) is 0 Å². The minimum atomic E-state index is -0.339. The van der Waals surface area contributed by atoms with E-state index in [1.807, 2.05) is 29.3 Å². The van der Waals surface area contributed by atoms with Gasteiger partial charge in [-0.3, -0.25) is 9.78 Å². The molecule has 22 heavy (non-hydrogen) atoms. The van der Waals surface area contributed by atoms with Crippen LogP contribution in [0.1, 0.15) is 43.7 Å². The van der Waals surface area contributed by atoms with Crippen LogP contribution in [0.25, 0.3) is 0 Å². The SMILES string of the molecule is O=C(C1CCC2(CC2)CN1O)N1CCC(c2ccccn2)C1. The van der Waals surface area contributed by atoms with Crippen molar-refractivity contribution in [2.24, 2.45) is 5.41 Å². The average molecular weight is 301 g/mol. The van der Waals surface area contributed by atoms with Crippen LogP contribution in [0.4, 0.5) is 0 Å². The van der Waals surface area contributed by atoms with Crippen molar-refractivity contribution < 1.29 is 10.0 Å². The lowest BCUT2D eigenvalue weighted by Crippen LogP contribution is -2.51. The number of hydrogen-bond donors (Lipinski definition) is 1. The number of hydrogen-bond acceptors (Lipinski definition) is 4. The maximum absolute atomic E-state index is 12.7. The highest BCUT2D eigenvalue weighted by atomic mass is 16.5. The summed E-state index contributed by atoms with van der Waals surface area (Å²) in [5.74, 6) is 0.423. The van der Waals surface area contributed by atoms with E-state index < -0.39 is 0 Å². The first-order chi connectivity index (χ1) is 10.7. The van der Waals surface area contributed by atoms with Gasteiger partial charge in [-0.05, 0) is 49.7 Å². The molecule has 1 saturated carbocycles. The zero-order valence-electron chi connectivity index (χ0n) is 12.8. The van der Waals surface area contributed by atoms with Gasteiger partial charge in [-0.2, -0.15) is 5.06 Å². The molecule has 2 unspecified atom stereocenters. The van der Waals surface area contributed by atoms with Gasteiger partial charge in [0.2, 0.25) is 5.91 Å². The van der Waals surface area contributed by atoms with Crippen LogP contribution >= 0.6 is 0 Å². The molecule has 118 valence electrons. The summed E-state index contributed by atoms with van der Waals surface area (Å²) in [6.45, 7) is 2.17. The Labute approximate surface area is 130 Å². The summed E-state index contributed by atoms with van der Waals surface area (Å²) in [4.78, 5) is 19.0. The van der Waals surface area contributed by atoms with Gasteiger partial charge in [0.05, 0.1) is 0 Å². The molecule has 5 heteroatoms. The van der Waals surface area contributed by atoms with E-state index in [1.54, 1.807) is 0 Å². The molecule has 0 radical (unpaired) electrons. The van der Waals surface area contributed by atoms with Crippen molar-refractivity contribution in [3.8, 4) is 0 Å². The molecule has 3 aliphatic rings. The van der Waals surface area contributed by atoms with Gasteiger partial charge in [-0.1, -0.05) is 6.07 Å². The van der Waals surface area contributed by atoms with Gasteiger partial charge < -0.3 is 10.1 Å². The molecule has 3 heterocycles. The molecule has 1 spiro atoms. The number of nitrogens with zero attached hydrogens (tertiary/aromatic N) is 3. The first-order valence-electron chi connectivity index (χ1n) is 8.32. The Kier molecular flexibility index (Phi) is 3.42. The molecule has 3 fully saturated rings. The summed E-state index contributed by atoms with van der Waals surface area (Å²) in [7, 11) is 0. The van der Waals surface area contributed by atoms with E-state index in [2.05, 4.69) is 4.98 Å². The molecule has 2 saturated heterocycles. The lowest BCUT2D eigenvalue weighted by Gasteiger charge is -2.36. The minimum absolute atomic E-state index is 0.0939. The van der Waals surface area contributed by atoms with Gasteiger partial charge in [-0.25, -0.2) is 0 Å². The van der Waals surface area contributed by atoms with Gasteiger partial charge in [0.1, 0.15) is 6.04 Å². The summed E-state index contributed by atoms with van der Waals surface area (Å²) >= 11 is 0. The smallest absolute Gasteiger partial charge is 0.242 e. The number of carbonyl (C=O) groups is 1. The normalized spacial score (nSPS) is 30.7. The molecule has 2 aliphatic heterocycles. The van der Waals surface area contributed by atoms with Crippen molar-refractivity contribution in [2.75, 3.05) is 19.6 Å². The van der Waals surface area contributed by atoms with E-state index in [0.29, 0.717) is 17.9 Å². The monoisotopic (exact) mass is 301 g/mol. The number of rotatable bonds is 2. The predicted molar refractivity (Wildman–Crippen MR) is 81.4 cm³/mol. The van der Waals surface area contributed by atoms with Crippen molar-refractivity contribution in [1.29, 1.82) is 0 Å². The molecular formula is C17H23N3O2. The van der Waals surface area contributed by atoms with Crippen molar-refractivity contribution in [2.45, 2.75) is 44.1 Å². The topological polar surface area (TPSA) is 56.7 Å². The standard InChI is InChI=1S/C17H23N3O2/c21-16(15-4-6-17(7-8-17)12-20(15)22)19-10-5-13(11-19)14-3-1-2-9-18-14/h1-3,9,13,15,22H,4-8,10-12H2. The molecule has 1 aliphatic carbocycles. The molecule has 0 bridgehead atoms. The Bertz CT molecular complexity index is 558. The van der Waals surface area contributed by atoms with Gasteiger partial charge in [0.15, 0.2) is 0 Å². The third-order valence-electron chi connectivity index (χ3n) is 5.65. The largest absolute Gasteiger partial charge is 0.341 e. The zero-order valence-corrected chi connectivity index (χ0v) is 12.8. The van der Waals surface area contributed by atoms with Gasteiger partial charge in [0.25, 0.3) is 0 Å². The number of likely N-dealkylation sites (tertiary alicyclic amines) is 1. The Morgan fingerprint density at radius 2 is 2.14 bits per heavy atom. The molecule has 5 nitrogen and oxygen atoms in total. The second kappa shape index (κ2) is 5.32. The van der Waals surface area contributed by atoms with E-state index in [0.717, 1.165) is 38.0 Å². The van der Waals surface area contributed by atoms with Crippen LogP contribution in [0.5, 0.6) is 0 Å². The van der Waals surface area contributed by atoms with E-state index >= 15 is 0 Å². The fourth-order valence-corrected chi connectivity index (χ4v) is 3.99. The molecular weight excluding hydrogens is 278 g/mol. The zero-order chi connectivity index (χ0) is 15.2. The third-order valence-corrected chi connectivity index (χ3v) is 5.65. The predicted octanol–water partition coefficient (Wildman–Crippen LogP) is 2.03. The number of aromatic nitrogens is 1. The number of amides is 1. The van der Waals surface area contributed by atoms with E-state index in [-0.39, 0.29) is 11.9 Å². The molecule has 1 N–H and O–H groups in total. The summed E-state index contributed by atoms with van der Waals surface area (Å²) in [5, 5.41) is 11.5. The van der Waals surface area contributed by atoms with Gasteiger partial charge in [-0.15, -0.1) is 0 Å². The number of piperidine rings is 1. The van der Waals surface area contributed by atoms with Crippen molar-refractivity contribution in [3.63, 3.8) is 0 Å². The first-order valence-corrected chi connectivity index (χ1v) is 8.32. The fraction of sp³-hybridized carbons (Fsp3) is 0.647. The van der Waals surface area contributed by atoms with Crippen LogP contribution in [-0.2, 0) is 4.79 Å². The Morgan fingerprint density at radius 1 is 1.27 bits per heavy atom. The molecule has 2 atom stereocenters. The average Bonchev–Trinajstić information content (AvgIpc) is 3.10. The molecule has 1 amide bonds. The Balaban J connectivity index is 1.39. The van der Waals surface area contributed by atoms with Crippen LogP contribution in [0.2, 0.25) is 0 Å². The summed E-state index contributed by atoms with van der Waals surface area (Å²) in [6.07, 6.45) is 7.06. The van der Waals surface area contributed by atoms with Crippen molar-refractivity contribution >= 4 is 5.91 Å².